The molecule has 0 radical (unpaired) electrons. The van der Waals surface area contributed by atoms with Crippen LogP contribution in [0, 0.1) is 11.8 Å². The summed E-state index contributed by atoms with van der Waals surface area (Å²) < 4.78 is 11.3. The third kappa shape index (κ3) is 4.44. The van der Waals surface area contributed by atoms with Gasteiger partial charge in [0.1, 0.15) is 12.2 Å². The van der Waals surface area contributed by atoms with E-state index in [2.05, 4.69) is 10.6 Å². The first-order valence-electron chi connectivity index (χ1n) is 9.73. The Morgan fingerprint density at radius 1 is 0.679 bits per heavy atom. The monoisotopic (exact) mass is 380 g/mol. The second kappa shape index (κ2) is 8.33. The Kier molecular flexibility index (Phi) is 5.46. The van der Waals surface area contributed by atoms with Gasteiger partial charge in [0.15, 0.2) is 0 Å². The highest BCUT2D eigenvalue weighted by molar-refractivity contribution is 5.85. The van der Waals surface area contributed by atoms with Gasteiger partial charge >= 0.3 is 12.2 Å². The van der Waals surface area contributed by atoms with Crippen LogP contribution in [0.25, 0.3) is 0 Å². The molecule has 0 saturated heterocycles. The summed E-state index contributed by atoms with van der Waals surface area (Å²) >= 11 is 0. The highest BCUT2D eigenvalue weighted by Crippen LogP contribution is 2.44. The largest absolute Gasteiger partial charge is 0.446 e. The molecule has 146 valence electrons. The van der Waals surface area contributed by atoms with Gasteiger partial charge in [0, 0.05) is 11.4 Å². The molecule has 3 aliphatic rings. The number of fused-ring (bicyclic) bond motifs is 3. The summed E-state index contributed by atoms with van der Waals surface area (Å²) in [6, 6.07) is 18.5. The molecule has 3 fully saturated rings. The van der Waals surface area contributed by atoms with Crippen molar-refractivity contribution in [3.63, 3.8) is 0 Å². The normalized spacial score (nSPS) is 25.6. The van der Waals surface area contributed by atoms with E-state index in [1.165, 1.54) is 0 Å². The maximum Gasteiger partial charge on any atom is 0.411 e. The van der Waals surface area contributed by atoms with Crippen LogP contribution < -0.4 is 10.6 Å². The third-order valence-corrected chi connectivity index (χ3v) is 5.59. The second-order valence-electron chi connectivity index (χ2n) is 7.44. The van der Waals surface area contributed by atoms with Gasteiger partial charge in [0.25, 0.3) is 0 Å². The second-order valence-corrected chi connectivity index (χ2v) is 7.44. The lowest BCUT2D eigenvalue weighted by molar-refractivity contribution is -0.0753. The summed E-state index contributed by atoms with van der Waals surface area (Å²) in [4.78, 5) is 24.4. The van der Waals surface area contributed by atoms with Crippen LogP contribution in [0.4, 0.5) is 21.0 Å². The zero-order chi connectivity index (χ0) is 19.3. The van der Waals surface area contributed by atoms with Crippen molar-refractivity contribution in [3.8, 4) is 0 Å². The van der Waals surface area contributed by atoms with E-state index < -0.39 is 12.2 Å². The van der Waals surface area contributed by atoms with Crippen molar-refractivity contribution in [2.45, 2.75) is 37.9 Å². The molecule has 0 aliphatic heterocycles. The SMILES string of the molecule is O=C(Nc1ccccc1)O[C@H]1C[C@H]2CC[C@@H]1C[C@@H]2OC(=O)Nc1ccccc1. The van der Waals surface area contributed by atoms with Crippen molar-refractivity contribution in [1.82, 2.24) is 0 Å². The predicted octanol–water partition coefficient (Wildman–Crippen LogP) is 5.04. The summed E-state index contributed by atoms with van der Waals surface area (Å²) in [6.45, 7) is 0. The molecular formula is C22H24N2O4. The van der Waals surface area contributed by atoms with Crippen molar-refractivity contribution in [1.29, 1.82) is 0 Å². The fraction of sp³-hybridized carbons (Fsp3) is 0.364. The first-order valence-corrected chi connectivity index (χ1v) is 9.73. The van der Waals surface area contributed by atoms with Crippen LogP contribution in [0.2, 0.25) is 0 Å². The first kappa shape index (κ1) is 18.3. The summed E-state index contributed by atoms with van der Waals surface area (Å²) in [5.41, 5.74) is 1.43. The smallest absolute Gasteiger partial charge is 0.411 e. The number of carbonyl (C=O) groups excluding carboxylic acids is 2. The van der Waals surface area contributed by atoms with Crippen LogP contribution in [0.3, 0.4) is 0 Å². The van der Waals surface area contributed by atoms with E-state index in [9.17, 15) is 9.59 Å². The topological polar surface area (TPSA) is 76.7 Å². The van der Waals surface area contributed by atoms with Crippen LogP contribution in [-0.4, -0.2) is 24.4 Å². The lowest BCUT2D eigenvalue weighted by Crippen LogP contribution is -2.47. The molecule has 5 rings (SSSR count). The standard InChI is InChI=1S/C22H24N2O4/c25-21(23-17-7-3-1-4-8-17)27-19-13-16-12-11-15(19)14-20(16)28-22(26)24-18-9-5-2-6-10-18/h1-10,15-16,19-20H,11-14H2,(H,23,25)(H,24,26)/t15-,16-,19+,20+/m1/s1. The van der Waals surface area contributed by atoms with Gasteiger partial charge in [0.05, 0.1) is 0 Å². The average Bonchev–Trinajstić information content (AvgIpc) is 2.70. The number of para-hydroxylation sites is 2. The Morgan fingerprint density at radius 3 is 1.43 bits per heavy atom. The molecule has 0 spiro atoms. The Morgan fingerprint density at radius 2 is 1.07 bits per heavy atom. The van der Waals surface area contributed by atoms with Crippen molar-refractivity contribution >= 4 is 23.6 Å². The van der Waals surface area contributed by atoms with Gasteiger partial charge in [-0.25, -0.2) is 9.59 Å². The molecule has 2 aromatic carbocycles. The van der Waals surface area contributed by atoms with Crippen molar-refractivity contribution in [2.24, 2.45) is 11.8 Å². The molecular weight excluding hydrogens is 356 g/mol. The van der Waals surface area contributed by atoms with Gasteiger partial charge in [-0.05, 0) is 61.8 Å². The lowest BCUT2D eigenvalue weighted by atomic mass is 9.67. The summed E-state index contributed by atoms with van der Waals surface area (Å²) in [5, 5.41) is 5.53. The molecule has 2 N–H and O–H groups in total. The van der Waals surface area contributed by atoms with E-state index in [0.29, 0.717) is 11.4 Å². The molecule has 28 heavy (non-hydrogen) atoms. The minimum Gasteiger partial charge on any atom is -0.446 e. The number of hydrogen-bond donors (Lipinski definition) is 2. The van der Waals surface area contributed by atoms with Gasteiger partial charge in [-0.15, -0.1) is 0 Å². The number of hydrogen-bond acceptors (Lipinski definition) is 4. The van der Waals surface area contributed by atoms with Gasteiger partial charge in [-0.2, -0.15) is 0 Å². The number of nitrogens with one attached hydrogen (secondary N) is 2. The number of rotatable bonds is 4. The molecule has 2 amide bonds. The summed E-state index contributed by atoms with van der Waals surface area (Å²) in [5.74, 6) is 0.446. The number of amides is 2. The molecule has 3 saturated carbocycles. The van der Waals surface area contributed by atoms with E-state index >= 15 is 0 Å². The fourth-order valence-corrected chi connectivity index (χ4v) is 4.22. The molecule has 6 heteroatoms. The zero-order valence-electron chi connectivity index (χ0n) is 15.5. The summed E-state index contributed by atoms with van der Waals surface area (Å²) in [7, 11) is 0. The fourth-order valence-electron chi connectivity index (χ4n) is 4.22. The van der Waals surface area contributed by atoms with Gasteiger partial charge in [-0.3, -0.25) is 10.6 Å². The molecule has 2 bridgehead atoms. The highest BCUT2D eigenvalue weighted by Gasteiger charge is 2.45. The Bertz CT molecular complexity index is 742. The van der Waals surface area contributed by atoms with E-state index in [1.807, 2.05) is 60.7 Å². The van der Waals surface area contributed by atoms with Crippen LogP contribution in [-0.2, 0) is 9.47 Å². The van der Waals surface area contributed by atoms with E-state index in [4.69, 9.17) is 9.47 Å². The molecule has 6 nitrogen and oxygen atoms in total. The molecule has 3 aliphatic carbocycles. The number of ether oxygens (including phenoxy) is 2. The molecule has 0 heterocycles. The van der Waals surface area contributed by atoms with Crippen molar-refractivity contribution < 1.29 is 19.1 Å². The number of carbonyl (C=O) groups is 2. The Balaban J connectivity index is 1.28. The van der Waals surface area contributed by atoms with E-state index in [1.54, 1.807) is 0 Å². The Labute approximate surface area is 164 Å². The van der Waals surface area contributed by atoms with Crippen LogP contribution in [0.5, 0.6) is 0 Å². The van der Waals surface area contributed by atoms with Crippen molar-refractivity contribution in [2.75, 3.05) is 10.6 Å². The zero-order valence-corrected chi connectivity index (χ0v) is 15.5. The summed E-state index contributed by atoms with van der Waals surface area (Å²) in [6.07, 6.45) is 2.35. The highest BCUT2D eigenvalue weighted by atomic mass is 16.6. The molecule has 0 unspecified atom stereocenters. The maximum absolute atomic E-state index is 12.2. The quantitative estimate of drug-likeness (QED) is 0.779. The maximum atomic E-state index is 12.2. The minimum atomic E-state index is -0.428. The molecule has 0 aromatic heterocycles. The number of anilines is 2. The Hall–Kier alpha value is -3.02. The van der Waals surface area contributed by atoms with Crippen LogP contribution >= 0.6 is 0 Å². The lowest BCUT2D eigenvalue weighted by Gasteiger charge is -2.45. The van der Waals surface area contributed by atoms with Gasteiger partial charge in [-0.1, -0.05) is 36.4 Å². The predicted molar refractivity (Wildman–Crippen MR) is 106 cm³/mol. The van der Waals surface area contributed by atoms with Crippen molar-refractivity contribution in [3.05, 3.63) is 60.7 Å². The third-order valence-electron chi connectivity index (χ3n) is 5.59. The van der Waals surface area contributed by atoms with Gasteiger partial charge < -0.3 is 9.47 Å². The van der Waals surface area contributed by atoms with E-state index in [0.717, 1.165) is 25.7 Å². The minimum absolute atomic E-state index is 0.125. The van der Waals surface area contributed by atoms with E-state index in [-0.39, 0.29) is 24.0 Å². The average molecular weight is 380 g/mol. The van der Waals surface area contributed by atoms with Crippen LogP contribution in [0.15, 0.2) is 60.7 Å². The molecule has 2 aromatic rings. The van der Waals surface area contributed by atoms with Crippen LogP contribution in [0.1, 0.15) is 25.7 Å². The van der Waals surface area contributed by atoms with Gasteiger partial charge in [0.2, 0.25) is 0 Å². The number of benzene rings is 2. The first-order chi connectivity index (χ1) is 13.7. The molecule has 4 atom stereocenters.